The number of para-hydroxylation sites is 2. The van der Waals surface area contributed by atoms with Crippen molar-refractivity contribution in [3.63, 3.8) is 0 Å². The molecule has 2 aromatic carbocycles. The Bertz CT molecular complexity index is 1190. The second-order valence-electron chi connectivity index (χ2n) is 5.45. The van der Waals surface area contributed by atoms with Crippen molar-refractivity contribution in [1.82, 2.24) is 15.0 Å². The van der Waals surface area contributed by atoms with E-state index in [1.165, 1.54) is 7.11 Å². The molecule has 4 aromatic rings. The van der Waals surface area contributed by atoms with Crippen molar-refractivity contribution in [2.24, 2.45) is 0 Å². The van der Waals surface area contributed by atoms with Gasteiger partial charge in [0.1, 0.15) is 11.4 Å². The summed E-state index contributed by atoms with van der Waals surface area (Å²) in [5, 5.41) is 12.0. The van der Waals surface area contributed by atoms with Crippen LogP contribution in [0.4, 0.5) is 5.69 Å². The molecular formula is C17H12N4O4. The zero-order valence-electron chi connectivity index (χ0n) is 13.1. The molecule has 2 heterocycles. The van der Waals surface area contributed by atoms with Gasteiger partial charge in [0.25, 0.3) is 5.56 Å². The average Bonchev–Trinajstić information content (AvgIpc) is 2.99. The maximum absolute atomic E-state index is 12.4. The average molecular weight is 336 g/mol. The van der Waals surface area contributed by atoms with E-state index >= 15 is 0 Å². The number of hydrogen-bond acceptors (Lipinski definition) is 5. The quantitative estimate of drug-likeness (QED) is 0.441. The number of fused-ring (bicyclic) bond motifs is 2. The molecule has 8 nitrogen and oxygen atoms in total. The first-order valence-corrected chi connectivity index (χ1v) is 7.42. The second kappa shape index (κ2) is 5.45. The van der Waals surface area contributed by atoms with Gasteiger partial charge in [0.05, 0.1) is 34.0 Å². The van der Waals surface area contributed by atoms with Crippen molar-refractivity contribution in [1.29, 1.82) is 0 Å². The zero-order valence-corrected chi connectivity index (χ0v) is 13.1. The van der Waals surface area contributed by atoms with Crippen molar-refractivity contribution in [2.75, 3.05) is 7.11 Å². The molecule has 4 rings (SSSR count). The predicted octanol–water partition coefficient (Wildman–Crippen LogP) is 2.99. The summed E-state index contributed by atoms with van der Waals surface area (Å²) < 4.78 is 5.13. The van der Waals surface area contributed by atoms with Gasteiger partial charge >= 0.3 is 5.69 Å². The van der Waals surface area contributed by atoms with Gasteiger partial charge in [-0.05, 0) is 30.3 Å². The van der Waals surface area contributed by atoms with Crippen LogP contribution in [0, 0.1) is 10.1 Å². The lowest BCUT2D eigenvalue weighted by molar-refractivity contribution is -0.382. The van der Waals surface area contributed by atoms with Crippen LogP contribution in [0.1, 0.15) is 0 Å². The molecule has 0 unspecified atom stereocenters. The predicted molar refractivity (Wildman–Crippen MR) is 92.9 cm³/mol. The third-order valence-electron chi connectivity index (χ3n) is 4.00. The molecule has 124 valence electrons. The monoisotopic (exact) mass is 336 g/mol. The Morgan fingerprint density at radius 2 is 1.92 bits per heavy atom. The first-order chi connectivity index (χ1) is 12.1. The minimum atomic E-state index is -0.524. The lowest BCUT2D eigenvalue weighted by Crippen LogP contribution is -2.12. The van der Waals surface area contributed by atoms with Gasteiger partial charge in [0, 0.05) is 0 Å². The Kier molecular flexibility index (Phi) is 3.24. The summed E-state index contributed by atoms with van der Waals surface area (Å²) in [5.41, 5.74) is 0.972. The molecule has 0 fully saturated rings. The molecule has 0 radical (unpaired) electrons. The van der Waals surface area contributed by atoms with E-state index in [4.69, 9.17) is 4.74 Å². The van der Waals surface area contributed by atoms with Crippen LogP contribution in [0.3, 0.4) is 0 Å². The fourth-order valence-electron chi connectivity index (χ4n) is 2.84. The van der Waals surface area contributed by atoms with Crippen LogP contribution in [0.25, 0.3) is 33.3 Å². The molecule has 0 spiro atoms. The van der Waals surface area contributed by atoms with Gasteiger partial charge in [-0.2, -0.15) is 0 Å². The molecule has 0 aliphatic carbocycles. The van der Waals surface area contributed by atoms with E-state index in [0.29, 0.717) is 27.7 Å². The molecular weight excluding hydrogens is 324 g/mol. The lowest BCUT2D eigenvalue weighted by atomic mass is 10.2. The molecule has 0 aliphatic heterocycles. The summed E-state index contributed by atoms with van der Waals surface area (Å²) in [6, 6.07) is 11.9. The Balaban J connectivity index is 2.07. The number of ether oxygens (including phenoxy) is 1. The number of aromatic amines is 2. The van der Waals surface area contributed by atoms with Gasteiger partial charge in [-0.15, -0.1) is 0 Å². The first-order valence-electron chi connectivity index (χ1n) is 7.42. The van der Waals surface area contributed by atoms with Crippen LogP contribution in [0.5, 0.6) is 5.75 Å². The van der Waals surface area contributed by atoms with E-state index in [1.807, 2.05) is 0 Å². The highest BCUT2D eigenvalue weighted by atomic mass is 16.6. The fourth-order valence-corrected chi connectivity index (χ4v) is 2.84. The highest BCUT2D eigenvalue weighted by Gasteiger charge is 2.26. The minimum Gasteiger partial charge on any atom is -0.497 e. The number of hydrogen-bond donors (Lipinski definition) is 2. The molecule has 0 aliphatic rings. The van der Waals surface area contributed by atoms with Crippen LogP contribution in [0.15, 0.2) is 47.3 Å². The van der Waals surface area contributed by atoms with Crippen LogP contribution >= 0.6 is 0 Å². The molecule has 0 saturated carbocycles. The van der Waals surface area contributed by atoms with Crippen LogP contribution in [0.2, 0.25) is 0 Å². The second-order valence-corrected chi connectivity index (χ2v) is 5.45. The molecule has 0 bridgehead atoms. The molecule has 0 atom stereocenters. The smallest absolute Gasteiger partial charge is 0.304 e. The molecule has 25 heavy (non-hydrogen) atoms. The molecule has 0 amide bonds. The Hall–Kier alpha value is -3.68. The number of aromatic nitrogens is 3. The number of nitrogens with zero attached hydrogens (tertiary/aromatic N) is 2. The number of H-pyrrole nitrogens is 2. The van der Waals surface area contributed by atoms with Crippen molar-refractivity contribution in [3.8, 4) is 17.1 Å². The van der Waals surface area contributed by atoms with Crippen LogP contribution in [-0.2, 0) is 0 Å². The summed E-state index contributed by atoms with van der Waals surface area (Å²) in [5.74, 6) is 0.488. The highest BCUT2D eigenvalue weighted by Crippen LogP contribution is 2.36. The zero-order chi connectivity index (χ0) is 17.6. The van der Waals surface area contributed by atoms with Crippen molar-refractivity contribution in [3.05, 3.63) is 62.9 Å². The third kappa shape index (κ3) is 2.31. The van der Waals surface area contributed by atoms with E-state index in [9.17, 15) is 14.9 Å². The number of methoxy groups -OCH3 is 1. The molecule has 2 N–H and O–H groups in total. The van der Waals surface area contributed by atoms with Crippen LogP contribution < -0.4 is 10.3 Å². The van der Waals surface area contributed by atoms with Gasteiger partial charge in [-0.1, -0.05) is 12.1 Å². The SMILES string of the molecule is COc1ccc2[nH]c(-c3nc4ccccc4[nH]c3=O)c([N+](=O)[O-])c2c1. The van der Waals surface area contributed by atoms with Crippen molar-refractivity contribution in [2.45, 2.75) is 0 Å². The fraction of sp³-hybridized carbons (Fsp3) is 0.0588. The third-order valence-corrected chi connectivity index (χ3v) is 4.00. The van der Waals surface area contributed by atoms with Gasteiger partial charge in [0.15, 0.2) is 5.69 Å². The van der Waals surface area contributed by atoms with E-state index in [-0.39, 0.29) is 17.1 Å². The van der Waals surface area contributed by atoms with E-state index in [1.54, 1.807) is 42.5 Å². The Morgan fingerprint density at radius 3 is 2.68 bits per heavy atom. The number of nitro groups is 1. The maximum Gasteiger partial charge on any atom is 0.304 e. The van der Waals surface area contributed by atoms with Gasteiger partial charge < -0.3 is 14.7 Å². The standard InChI is InChI=1S/C17H12N4O4/c1-25-9-6-7-11-10(8-9)16(21(23)24)14(18-11)15-17(22)20-13-5-3-2-4-12(13)19-15/h2-8,18H,1H3,(H,20,22). The van der Waals surface area contributed by atoms with Crippen LogP contribution in [-0.4, -0.2) is 27.0 Å². The maximum atomic E-state index is 12.4. The molecule has 2 aromatic heterocycles. The van der Waals surface area contributed by atoms with E-state index in [0.717, 1.165) is 0 Å². The number of benzene rings is 2. The topological polar surface area (TPSA) is 114 Å². The largest absolute Gasteiger partial charge is 0.497 e. The minimum absolute atomic E-state index is 0.0273. The Morgan fingerprint density at radius 1 is 1.12 bits per heavy atom. The number of nitrogens with one attached hydrogen (secondary N) is 2. The summed E-state index contributed by atoms with van der Waals surface area (Å²) in [6.45, 7) is 0. The Labute approximate surface area is 140 Å². The molecule has 8 heteroatoms. The van der Waals surface area contributed by atoms with E-state index < -0.39 is 10.5 Å². The lowest BCUT2D eigenvalue weighted by Gasteiger charge is -2.01. The van der Waals surface area contributed by atoms with Crippen molar-refractivity contribution >= 4 is 27.6 Å². The summed E-state index contributed by atoms with van der Waals surface area (Å²) in [6.07, 6.45) is 0. The van der Waals surface area contributed by atoms with Crippen molar-refractivity contribution < 1.29 is 9.66 Å². The normalized spacial score (nSPS) is 11.1. The summed E-state index contributed by atoms with van der Waals surface area (Å²) >= 11 is 0. The van der Waals surface area contributed by atoms with Gasteiger partial charge in [-0.3, -0.25) is 14.9 Å². The summed E-state index contributed by atoms with van der Waals surface area (Å²) in [4.78, 5) is 33.5. The van der Waals surface area contributed by atoms with E-state index in [2.05, 4.69) is 15.0 Å². The number of rotatable bonds is 3. The highest BCUT2D eigenvalue weighted by molar-refractivity contribution is 5.98. The van der Waals surface area contributed by atoms with Gasteiger partial charge in [0.2, 0.25) is 0 Å². The first kappa shape index (κ1) is 14.9. The van der Waals surface area contributed by atoms with Gasteiger partial charge in [-0.25, -0.2) is 4.98 Å². The molecule has 0 saturated heterocycles. The summed E-state index contributed by atoms with van der Waals surface area (Å²) in [7, 11) is 1.48.